The normalized spacial score (nSPS) is 22.4. The van der Waals surface area contributed by atoms with Crippen LogP contribution in [0.3, 0.4) is 0 Å². The van der Waals surface area contributed by atoms with Crippen molar-refractivity contribution in [1.82, 2.24) is 19.5 Å². The number of allylic oxidation sites excluding steroid dienone is 7. The zero-order valence-electron chi connectivity index (χ0n) is 19.9. The van der Waals surface area contributed by atoms with Gasteiger partial charge in [-0.1, -0.05) is 39.5 Å². The number of nitriles is 1. The maximum Gasteiger partial charge on any atom is 0.176 e. The summed E-state index contributed by atoms with van der Waals surface area (Å²) >= 11 is 0. The molecule has 0 saturated heterocycles. The highest BCUT2D eigenvalue weighted by Gasteiger charge is 2.42. The highest BCUT2D eigenvalue weighted by Crippen LogP contribution is 2.46. The first-order valence-corrected chi connectivity index (χ1v) is 11.6. The fraction of sp³-hybridized carbons (Fsp3) is 0.370. The molecule has 2 heterocycles. The summed E-state index contributed by atoms with van der Waals surface area (Å²) in [6, 6.07) is 2.06. The minimum absolute atomic E-state index is 0.0677. The third-order valence-corrected chi connectivity index (χ3v) is 6.63. The topological polar surface area (TPSA) is 84.5 Å². The van der Waals surface area contributed by atoms with Gasteiger partial charge in [-0.2, -0.15) is 5.26 Å². The number of fused-ring (bicyclic) bond motifs is 3. The summed E-state index contributed by atoms with van der Waals surface area (Å²) in [5.74, 6) is 0.499. The molecule has 4 rings (SSSR count). The second-order valence-corrected chi connectivity index (χ2v) is 9.18. The summed E-state index contributed by atoms with van der Waals surface area (Å²) in [6.07, 6.45) is 11.7. The molecule has 2 aliphatic carbocycles. The summed E-state index contributed by atoms with van der Waals surface area (Å²) < 4.78 is 15.9. The van der Waals surface area contributed by atoms with Crippen molar-refractivity contribution >= 4 is 11.5 Å². The van der Waals surface area contributed by atoms with Crippen LogP contribution >= 0.6 is 0 Å². The van der Waals surface area contributed by atoms with E-state index < -0.39 is 5.83 Å². The number of halogens is 1. The van der Waals surface area contributed by atoms with Crippen LogP contribution in [0.15, 0.2) is 54.7 Å². The van der Waals surface area contributed by atoms with Crippen molar-refractivity contribution in [2.45, 2.75) is 52.4 Å². The molecule has 3 unspecified atom stereocenters. The van der Waals surface area contributed by atoms with E-state index in [1.165, 1.54) is 6.08 Å². The second-order valence-electron chi connectivity index (χ2n) is 9.18. The van der Waals surface area contributed by atoms with Gasteiger partial charge in [0.2, 0.25) is 0 Å². The third-order valence-electron chi connectivity index (χ3n) is 6.63. The standard InChI is InChI=1S/C27H28FN5O/c1-6-7-20(10-16(4)28)33-23-9-8-21-17(5)25(34)18(12-29)11-22(21)24(23)32-27(33)19-13-30-26(15(2)3)31-14-19/h6-7,10-11,13-15,17,21-22H,4,8-9H2,1-3,5H3/b7-6-,20-10+. The van der Waals surface area contributed by atoms with Gasteiger partial charge in [0.15, 0.2) is 5.78 Å². The number of carbonyl (C=O) groups is 1. The average Bonchev–Trinajstić information content (AvgIpc) is 3.20. The Bertz CT molecular complexity index is 1270. The lowest BCUT2D eigenvalue weighted by Crippen LogP contribution is -2.34. The lowest BCUT2D eigenvalue weighted by Gasteiger charge is -2.36. The molecule has 3 atom stereocenters. The minimum Gasteiger partial charge on any atom is -0.296 e. The van der Waals surface area contributed by atoms with E-state index in [1.54, 1.807) is 18.5 Å². The van der Waals surface area contributed by atoms with Crippen molar-refractivity contribution < 1.29 is 9.18 Å². The predicted molar refractivity (Wildman–Crippen MR) is 129 cm³/mol. The zero-order chi connectivity index (χ0) is 24.6. The maximum atomic E-state index is 14.0. The van der Waals surface area contributed by atoms with Crippen LogP contribution in [0, 0.1) is 23.2 Å². The lowest BCUT2D eigenvalue weighted by molar-refractivity contribution is -0.120. The van der Waals surface area contributed by atoms with Crippen molar-refractivity contribution in [2.24, 2.45) is 11.8 Å². The molecule has 0 bridgehead atoms. The van der Waals surface area contributed by atoms with Gasteiger partial charge in [-0.25, -0.2) is 19.3 Å². The van der Waals surface area contributed by atoms with Crippen LogP contribution in [0.5, 0.6) is 0 Å². The van der Waals surface area contributed by atoms with Gasteiger partial charge in [0.05, 0.1) is 16.8 Å². The number of nitrogens with zero attached hydrogens (tertiary/aromatic N) is 5. The number of aromatic nitrogens is 4. The van der Waals surface area contributed by atoms with Crippen LogP contribution in [0.4, 0.5) is 4.39 Å². The van der Waals surface area contributed by atoms with Gasteiger partial charge < -0.3 is 0 Å². The van der Waals surface area contributed by atoms with Crippen molar-refractivity contribution in [3.63, 3.8) is 0 Å². The van der Waals surface area contributed by atoms with Gasteiger partial charge in [-0.05, 0) is 37.8 Å². The Labute approximate surface area is 199 Å². The molecule has 2 aromatic rings. The molecule has 0 aromatic carbocycles. The third kappa shape index (κ3) is 4.05. The number of carbonyl (C=O) groups excluding carboxylic acids is 1. The number of hydrogen-bond acceptors (Lipinski definition) is 5. The SMILES string of the molecule is C=C(F)/C=C(\C=C/C)n1c(-c2cnc(C(C)C)nc2)nc2c1CCC1C(C)C(=O)C(C#N)=CC21. The minimum atomic E-state index is -0.565. The summed E-state index contributed by atoms with van der Waals surface area (Å²) in [4.78, 5) is 26.6. The molecule has 174 valence electrons. The maximum absolute atomic E-state index is 14.0. The number of ketones is 1. The zero-order valence-corrected chi connectivity index (χ0v) is 19.9. The molecule has 2 aliphatic rings. The number of imidazole rings is 1. The molecule has 0 fully saturated rings. The van der Waals surface area contributed by atoms with Gasteiger partial charge in [0, 0.05) is 41.5 Å². The van der Waals surface area contributed by atoms with E-state index in [0.29, 0.717) is 23.5 Å². The van der Waals surface area contributed by atoms with Crippen LogP contribution in [0.1, 0.15) is 63.2 Å². The van der Waals surface area contributed by atoms with E-state index in [9.17, 15) is 14.4 Å². The highest BCUT2D eigenvalue weighted by atomic mass is 19.1. The Hall–Kier alpha value is -3.66. The molecule has 0 radical (unpaired) electrons. The fourth-order valence-electron chi connectivity index (χ4n) is 4.96. The Balaban J connectivity index is 1.97. The summed E-state index contributed by atoms with van der Waals surface area (Å²) in [5, 5.41) is 9.53. The van der Waals surface area contributed by atoms with Crippen molar-refractivity contribution in [1.29, 1.82) is 5.26 Å². The molecule has 0 spiro atoms. The first-order valence-electron chi connectivity index (χ1n) is 11.6. The van der Waals surface area contributed by atoms with E-state index >= 15 is 0 Å². The smallest absolute Gasteiger partial charge is 0.176 e. The Morgan fingerprint density at radius 3 is 2.65 bits per heavy atom. The molecule has 6 nitrogen and oxygen atoms in total. The fourth-order valence-corrected chi connectivity index (χ4v) is 4.96. The van der Waals surface area contributed by atoms with Crippen LogP contribution < -0.4 is 0 Å². The van der Waals surface area contributed by atoms with E-state index in [4.69, 9.17) is 4.98 Å². The van der Waals surface area contributed by atoms with Crippen LogP contribution in [-0.4, -0.2) is 25.3 Å². The molecule has 34 heavy (non-hydrogen) atoms. The summed E-state index contributed by atoms with van der Waals surface area (Å²) in [6.45, 7) is 11.2. The van der Waals surface area contributed by atoms with Crippen molar-refractivity contribution in [2.75, 3.05) is 0 Å². The molecule has 2 aromatic heterocycles. The highest BCUT2D eigenvalue weighted by molar-refractivity contribution is 6.01. The average molecular weight is 458 g/mol. The lowest BCUT2D eigenvalue weighted by atomic mass is 9.67. The van der Waals surface area contributed by atoms with Gasteiger partial charge in [-0.15, -0.1) is 0 Å². The second kappa shape index (κ2) is 9.30. The number of rotatable bonds is 5. The number of Topliss-reactive ketones (excluding diaryl/α,β-unsaturated/α-hetero) is 1. The first kappa shape index (κ1) is 23.5. The van der Waals surface area contributed by atoms with E-state index in [-0.39, 0.29) is 35.0 Å². The van der Waals surface area contributed by atoms with Gasteiger partial charge in [0.1, 0.15) is 23.5 Å². The quantitative estimate of drug-likeness (QED) is 0.540. The molecule has 0 N–H and O–H groups in total. The Morgan fingerprint density at radius 2 is 2.06 bits per heavy atom. The van der Waals surface area contributed by atoms with Crippen molar-refractivity contribution in [3.05, 3.63) is 71.9 Å². The summed E-state index contributed by atoms with van der Waals surface area (Å²) in [5.41, 5.74) is 3.23. The monoisotopic (exact) mass is 457 g/mol. The van der Waals surface area contributed by atoms with E-state index in [1.807, 2.05) is 44.4 Å². The van der Waals surface area contributed by atoms with Gasteiger partial charge >= 0.3 is 0 Å². The molecule has 0 saturated carbocycles. The molecule has 0 amide bonds. The van der Waals surface area contributed by atoms with Gasteiger partial charge in [-0.3, -0.25) is 9.36 Å². The summed E-state index contributed by atoms with van der Waals surface area (Å²) in [7, 11) is 0. The molecule has 7 heteroatoms. The molecular formula is C27H28FN5O. The van der Waals surface area contributed by atoms with E-state index in [2.05, 4.69) is 22.6 Å². The Kier molecular flexibility index (Phi) is 6.43. The number of hydrogen-bond donors (Lipinski definition) is 0. The molecule has 0 aliphatic heterocycles. The van der Waals surface area contributed by atoms with Crippen LogP contribution in [0.25, 0.3) is 17.1 Å². The van der Waals surface area contributed by atoms with Crippen LogP contribution in [-0.2, 0) is 11.2 Å². The van der Waals surface area contributed by atoms with Crippen molar-refractivity contribution in [3.8, 4) is 17.5 Å². The Morgan fingerprint density at radius 1 is 1.35 bits per heavy atom. The van der Waals surface area contributed by atoms with E-state index in [0.717, 1.165) is 23.6 Å². The van der Waals surface area contributed by atoms with Crippen LogP contribution in [0.2, 0.25) is 0 Å². The first-order chi connectivity index (χ1) is 16.3. The van der Waals surface area contributed by atoms with Gasteiger partial charge in [0.25, 0.3) is 0 Å². The molecular weight excluding hydrogens is 429 g/mol. The predicted octanol–water partition coefficient (Wildman–Crippen LogP) is 5.68. The largest absolute Gasteiger partial charge is 0.296 e.